The van der Waals surface area contributed by atoms with E-state index in [1.54, 1.807) is 31.4 Å². The van der Waals surface area contributed by atoms with Crippen LogP contribution in [0.4, 0.5) is 0 Å². The molecule has 30 heavy (non-hydrogen) atoms. The second kappa shape index (κ2) is 9.49. The summed E-state index contributed by atoms with van der Waals surface area (Å²) in [5.41, 5.74) is 0.579. The second-order valence-corrected chi connectivity index (χ2v) is 8.09. The molecule has 1 aliphatic heterocycles. The Bertz CT molecular complexity index is 821. The Kier molecular flexibility index (Phi) is 6.55. The van der Waals surface area contributed by atoms with E-state index in [0.717, 1.165) is 31.7 Å². The average Bonchev–Trinajstić information content (AvgIpc) is 3.09. The van der Waals surface area contributed by atoms with Gasteiger partial charge in [-0.25, -0.2) is 0 Å². The summed E-state index contributed by atoms with van der Waals surface area (Å²) in [6.45, 7) is 1.88. The van der Waals surface area contributed by atoms with Crippen molar-refractivity contribution in [3.63, 3.8) is 0 Å². The number of methoxy groups -OCH3 is 1. The highest BCUT2D eigenvalue weighted by Crippen LogP contribution is 2.31. The monoisotopic (exact) mass is 410 g/mol. The Hall–Kier alpha value is -2.57. The molecular formula is C24H30N2O4. The van der Waals surface area contributed by atoms with Crippen molar-refractivity contribution >= 4 is 5.91 Å². The molecule has 2 aliphatic rings. The molecule has 0 unspecified atom stereocenters. The molecule has 4 rings (SSSR count). The van der Waals surface area contributed by atoms with Crippen LogP contribution < -0.4 is 14.8 Å². The van der Waals surface area contributed by atoms with Gasteiger partial charge in [0.2, 0.25) is 0 Å². The molecule has 160 valence electrons. The predicted molar refractivity (Wildman–Crippen MR) is 115 cm³/mol. The lowest BCUT2D eigenvalue weighted by Gasteiger charge is -2.37. The van der Waals surface area contributed by atoms with Crippen molar-refractivity contribution in [3.8, 4) is 11.5 Å². The first-order valence-corrected chi connectivity index (χ1v) is 10.7. The van der Waals surface area contributed by atoms with Gasteiger partial charge in [-0.1, -0.05) is 24.6 Å². The van der Waals surface area contributed by atoms with Crippen molar-refractivity contribution in [3.05, 3.63) is 60.2 Å². The Morgan fingerprint density at radius 1 is 1.00 bits per heavy atom. The van der Waals surface area contributed by atoms with Gasteiger partial charge in [0, 0.05) is 12.0 Å². The van der Waals surface area contributed by atoms with Crippen LogP contribution in [-0.2, 0) is 0 Å². The molecule has 2 aromatic rings. The van der Waals surface area contributed by atoms with Gasteiger partial charge in [-0.2, -0.15) is 0 Å². The van der Waals surface area contributed by atoms with Gasteiger partial charge in [0.25, 0.3) is 5.91 Å². The third-order valence-electron chi connectivity index (χ3n) is 6.14. The quantitative estimate of drug-likeness (QED) is 0.766. The van der Waals surface area contributed by atoms with E-state index in [9.17, 15) is 9.90 Å². The number of carbonyl (C=O) groups is 1. The van der Waals surface area contributed by atoms with Crippen LogP contribution >= 0.6 is 0 Å². The lowest BCUT2D eigenvalue weighted by Crippen LogP contribution is -2.54. The number of aliphatic hydroxyl groups is 1. The first kappa shape index (κ1) is 20.7. The SMILES string of the molecule is COc1ccc(C(=O)N[C@@H]2C[C@@H](Oc3ccccc3)[C@H](O)[C@H]2N2CCCCC2)cc1. The van der Waals surface area contributed by atoms with E-state index in [0.29, 0.717) is 17.7 Å². The lowest BCUT2D eigenvalue weighted by atomic mass is 10.0. The smallest absolute Gasteiger partial charge is 0.251 e. The number of benzene rings is 2. The summed E-state index contributed by atoms with van der Waals surface area (Å²) < 4.78 is 11.3. The number of nitrogens with one attached hydrogen (secondary N) is 1. The van der Waals surface area contributed by atoms with E-state index in [1.807, 2.05) is 30.3 Å². The average molecular weight is 411 g/mol. The molecule has 1 saturated heterocycles. The normalized spacial score (nSPS) is 26.9. The van der Waals surface area contributed by atoms with Gasteiger partial charge in [0.1, 0.15) is 23.7 Å². The molecule has 1 amide bonds. The van der Waals surface area contributed by atoms with Crippen molar-refractivity contribution in [2.24, 2.45) is 0 Å². The van der Waals surface area contributed by atoms with Crippen molar-refractivity contribution in [2.45, 2.75) is 50.0 Å². The van der Waals surface area contributed by atoms with Crippen molar-refractivity contribution in [1.82, 2.24) is 10.2 Å². The third-order valence-corrected chi connectivity index (χ3v) is 6.14. The summed E-state index contributed by atoms with van der Waals surface area (Å²) in [5, 5.41) is 14.3. The maximum atomic E-state index is 12.9. The highest BCUT2D eigenvalue weighted by atomic mass is 16.5. The molecule has 6 nitrogen and oxygen atoms in total. The van der Waals surface area contributed by atoms with Crippen molar-refractivity contribution in [2.75, 3.05) is 20.2 Å². The van der Waals surface area contributed by atoms with Gasteiger partial charge in [-0.15, -0.1) is 0 Å². The van der Waals surface area contributed by atoms with Crippen molar-refractivity contribution < 1.29 is 19.4 Å². The molecule has 0 bridgehead atoms. The predicted octanol–water partition coefficient (Wildman–Crippen LogP) is 2.86. The zero-order chi connectivity index (χ0) is 20.9. The number of para-hydroxylation sites is 1. The Morgan fingerprint density at radius 2 is 1.70 bits per heavy atom. The molecule has 1 saturated carbocycles. The minimum atomic E-state index is -0.663. The number of hydrogen-bond acceptors (Lipinski definition) is 5. The Labute approximate surface area is 177 Å². The van der Waals surface area contributed by atoms with E-state index >= 15 is 0 Å². The molecule has 0 aromatic heterocycles. The third kappa shape index (κ3) is 4.60. The van der Waals surface area contributed by atoms with Gasteiger partial charge in [0.15, 0.2) is 0 Å². The number of amides is 1. The number of aliphatic hydroxyl groups excluding tert-OH is 1. The number of rotatable bonds is 6. The molecule has 0 radical (unpaired) electrons. The highest BCUT2D eigenvalue weighted by Gasteiger charge is 2.47. The number of ether oxygens (including phenoxy) is 2. The second-order valence-electron chi connectivity index (χ2n) is 8.09. The maximum Gasteiger partial charge on any atom is 0.251 e. The van der Waals surface area contributed by atoms with Gasteiger partial charge < -0.3 is 19.9 Å². The fourth-order valence-electron chi connectivity index (χ4n) is 4.60. The minimum absolute atomic E-state index is 0.141. The van der Waals surface area contributed by atoms with Gasteiger partial charge >= 0.3 is 0 Å². The van der Waals surface area contributed by atoms with E-state index in [1.165, 1.54) is 6.42 Å². The first-order valence-electron chi connectivity index (χ1n) is 10.7. The molecule has 1 heterocycles. The summed E-state index contributed by atoms with van der Waals surface area (Å²) in [4.78, 5) is 15.2. The topological polar surface area (TPSA) is 71.0 Å². The number of nitrogens with zero attached hydrogens (tertiary/aromatic N) is 1. The molecule has 4 atom stereocenters. The molecule has 6 heteroatoms. The number of carbonyl (C=O) groups excluding carboxylic acids is 1. The first-order chi connectivity index (χ1) is 14.7. The summed E-state index contributed by atoms with van der Waals surface area (Å²) in [7, 11) is 1.60. The summed E-state index contributed by atoms with van der Waals surface area (Å²) in [6.07, 6.45) is 3.00. The summed E-state index contributed by atoms with van der Waals surface area (Å²) >= 11 is 0. The van der Waals surface area contributed by atoms with Crippen molar-refractivity contribution in [1.29, 1.82) is 0 Å². The highest BCUT2D eigenvalue weighted by molar-refractivity contribution is 5.94. The van der Waals surface area contributed by atoms with Crippen LogP contribution in [0.2, 0.25) is 0 Å². The van der Waals surface area contributed by atoms with Gasteiger partial charge in [0.05, 0.1) is 19.2 Å². The summed E-state index contributed by atoms with van der Waals surface area (Å²) in [6, 6.07) is 16.3. The van der Waals surface area contributed by atoms with E-state index in [4.69, 9.17) is 9.47 Å². The fourth-order valence-corrected chi connectivity index (χ4v) is 4.60. The number of likely N-dealkylation sites (tertiary alicyclic amines) is 1. The Morgan fingerprint density at radius 3 is 2.37 bits per heavy atom. The van der Waals surface area contributed by atoms with Gasteiger partial charge in [-0.3, -0.25) is 9.69 Å². The van der Waals surface area contributed by atoms with Crippen LogP contribution in [-0.4, -0.2) is 60.4 Å². The van der Waals surface area contributed by atoms with Crippen LogP contribution in [0, 0.1) is 0 Å². The van der Waals surface area contributed by atoms with Crippen LogP contribution in [0.3, 0.4) is 0 Å². The molecule has 2 aromatic carbocycles. The molecule has 2 N–H and O–H groups in total. The Balaban J connectivity index is 1.50. The molecular weight excluding hydrogens is 380 g/mol. The van der Waals surface area contributed by atoms with E-state index in [-0.39, 0.29) is 24.1 Å². The molecule has 1 aliphatic carbocycles. The molecule has 2 fully saturated rings. The molecule has 0 spiro atoms. The van der Waals surface area contributed by atoms with Crippen LogP contribution in [0.25, 0.3) is 0 Å². The van der Waals surface area contributed by atoms with Gasteiger partial charge in [-0.05, 0) is 62.3 Å². The number of piperidine rings is 1. The standard InChI is InChI=1S/C24H30N2O4/c1-29-18-12-10-17(11-13-18)24(28)25-20-16-21(30-19-8-4-2-5-9-19)23(27)22(20)26-14-6-3-7-15-26/h2,4-5,8-13,20-23,27H,3,6-7,14-16H2,1H3,(H,25,28)/t20-,21-,22+,23+/m1/s1. The zero-order valence-corrected chi connectivity index (χ0v) is 17.4. The minimum Gasteiger partial charge on any atom is -0.497 e. The van der Waals surface area contributed by atoms with Crippen LogP contribution in [0.5, 0.6) is 11.5 Å². The largest absolute Gasteiger partial charge is 0.497 e. The number of hydrogen-bond donors (Lipinski definition) is 2. The zero-order valence-electron chi connectivity index (χ0n) is 17.4. The van der Waals surface area contributed by atoms with E-state index < -0.39 is 6.10 Å². The summed E-state index contributed by atoms with van der Waals surface area (Å²) in [5.74, 6) is 1.31. The fraction of sp³-hybridized carbons (Fsp3) is 0.458. The lowest BCUT2D eigenvalue weighted by molar-refractivity contribution is 0.00146. The van der Waals surface area contributed by atoms with E-state index in [2.05, 4.69) is 10.2 Å². The van der Waals surface area contributed by atoms with Crippen LogP contribution in [0.15, 0.2) is 54.6 Å². The maximum absolute atomic E-state index is 12.9. The van der Waals surface area contributed by atoms with Crippen LogP contribution in [0.1, 0.15) is 36.0 Å².